The maximum atomic E-state index is 12.5. The Bertz CT molecular complexity index is 500. The second-order valence-electron chi connectivity index (χ2n) is 4.81. The molecule has 1 aromatic carbocycles. The molecule has 2 heterocycles. The van der Waals surface area contributed by atoms with Gasteiger partial charge in [-0.1, -0.05) is 15.9 Å². The standard InChI is InChI=1S/C13H14BrNO2S/c14-10-1-2-11-9(7-10)3-5-15(11)12(16)13(17)4-6-18-8-13/h1-2,7,17H,3-6,8H2. The predicted octanol–water partition coefficient (Wildman–Crippen LogP) is 2.21. The molecule has 1 fully saturated rings. The van der Waals surface area contributed by atoms with Gasteiger partial charge in [-0.25, -0.2) is 0 Å². The fourth-order valence-corrected chi connectivity index (χ4v) is 4.20. The number of anilines is 1. The summed E-state index contributed by atoms with van der Waals surface area (Å²) in [4.78, 5) is 14.2. The summed E-state index contributed by atoms with van der Waals surface area (Å²) >= 11 is 5.09. The average Bonchev–Trinajstić information content (AvgIpc) is 2.95. The molecule has 2 aliphatic heterocycles. The third kappa shape index (κ3) is 1.98. The van der Waals surface area contributed by atoms with Crippen LogP contribution in [-0.2, 0) is 11.2 Å². The van der Waals surface area contributed by atoms with Crippen LogP contribution in [0.1, 0.15) is 12.0 Å². The third-order valence-electron chi connectivity index (χ3n) is 3.58. The molecule has 0 spiro atoms. The van der Waals surface area contributed by atoms with E-state index in [4.69, 9.17) is 0 Å². The number of carbonyl (C=O) groups excluding carboxylic acids is 1. The summed E-state index contributed by atoms with van der Waals surface area (Å²) in [7, 11) is 0. The Morgan fingerprint density at radius 3 is 3.06 bits per heavy atom. The van der Waals surface area contributed by atoms with E-state index in [2.05, 4.69) is 22.0 Å². The van der Waals surface area contributed by atoms with Crippen molar-refractivity contribution in [3.63, 3.8) is 0 Å². The van der Waals surface area contributed by atoms with Crippen LogP contribution in [-0.4, -0.2) is 34.7 Å². The molecule has 1 amide bonds. The van der Waals surface area contributed by atoms with Gasteiger partial charge in [0, 0.05) is 22.5 Å². The smallest absolute Gasteiger partial charge is 0.259 e. The van der Waals surface area contributed by atoms with Crippen LogP contribution in [0.3, 0.4) is 0 Å². The van der Waals surface area contributed by atoms with Crippen molar-refractivity contribution >= 4 is 39.3 Å². The SMILES string of the molecule is O=C(N1CCc2cc(Br)ccc21)C1(O)CCSC1. The number of hydrogen-bond acceptors (Lipinski definition) is 3. The van der Waals surface area contributed by atoms with Gasteiger partial charge >= 0.3 is 0 Å². The number of aliphatic hydroxyl groups is 1. The Morgan fingerprint density at radius 1 is 1.50 bits per heavy atom. The van der Waals surface area contributed by atoms with Gasteiger partial charge in [-0.15, -0.1) is 0 Å². The lowest BCUT2D eigenvalue weighted by Gasteiger charge is -2.27. The second kappa shape index (κ2) is 4.54. The monoisotopic (exact) mass is 327 g/mol. The minimum absolute atomic E-state index is 0.131. The number of benzene rings is 1. The number of amides is 1. The van der Waals surface area contributed by atoms with Crippen LogP contribution in [0.5, 0.6) is 0 Å². The fourth-order valence-electron chi connectivity index (χ4n) is 2.56. The molecule has 3 rings (SSSR count). The molecule has 0 aliphatic carbocycles. The van der Waals surface area contributed by atoms with Crippen molar-refractivity contribution in [1.82, 2.24) is 0 Å². The van der Waals surface area contributed by atoms with E-state index in [-0.39, 0.29) is 5.91 Å². The van der Waals surface area contributed by atoms with E-state index < -0.39 is 5.60 Å². The normalized spacial score (nSPS) is 26.4. The van der Waals surface area contributed by atoms with E-state index in [0.29, 0.717) is 18.7 Å². The van der Waals surface area contributed by atoms with Gasteiger partial charge < -0.3 is 10.0 Å². The Hall–Kier alpha value is -0.520. The molecule has 5 heteroatoms. The van der Waals surface area contributed by atoms with E-state index in [1.807, 2.05) is 12.1 Å². The zero-order valence-electron chi connectivity index (χ0n) is 9.86. The molecule has 1 aromatic rings. The summed E-state index contributed by atoms with van der Waals surface area (Å²) in [6.07, 6.45) is 1.43. The summed E-state index contributed by atoms with van der Waals surface area (Å²) in [6, 6.07) is 5.95. The molecule has 1 atom stereocenters. The molecule has 1 N–H and O–H groups in total. The molecule has 0 aromatic heterocycles. The van der Waals surface area contributed by atoms with Crippen LogP contribution in [0.4, 0.5) is 5.69 Å². The predicted molar refractivity (Wildman–Crippen MR) is 77.1 cm³/mol. The van der Waals surface area contributed by atoms with Gasteiger partial charge in [0.15, 0.2) is 5.60 Å². The highest BCUT2D eigenvalue weighted by atomic mass is 79.9. The molecule has 2 aliphatic rings. The van der Waals surface area contributed by atoms with Gasteiger partial charge in [0.05, 0.1) is 0 Å². The first-order valence-corrected chi connectivity index (χ1v) is 7.95. The topological polar surface area (TPSA) is 40.5 Å². The lowest BCUT2D eigenvalue weighted by molar-refractivity contribution is -0.134. The van der Waals surface area contributed by atoms with Gasteiger partial charge in [0.2, 0.25) is 0 Å². The Balaban J connectivity index is 1.90. The zero-order valence-corrected chi connectivity index (χ0v) is 12.3. The highest BCUT2D eigenvalue weighted by molar-refractivity contribution is 9.10. The maximum Gasteiger partial charge on any atom is 0.259 e. The molecule has 18 heavy (non-hydrogen) atoms. The molecule has 1 unspecified atom stereocenters. The number of rotatable bonds is 1. The van der Waals surface area contributed by atoms with Crippen molar-refractivity contribution in [2.24, 2.45) is 0 Å². The van der Waals surface area contributed by atoms with Crippen LogP contribution in [0.2, 0.25) is 0 Å². The highest BCUT2D eigenvalue weighted by Gasteiger charge is 2.43. The van der Waals surface area contributed by atoms with Crippen LogP contribution < -0.4 is 4.90 Å². The number of hydrogen-bond donors (Lipinski definition) is 1. The van der Waals surface area contributed by atoms with Crippen molar-refractivity contribution in [1.29, 1.82) is 0 Å². The van der Waals surface area contributed by atoms with Crippen molar-refractivity contribution < 1.29 is 9.90 Å². The van der Waals surface area contributed by atoms with Crippen molar-refractivity contribution in [3.05, 3.63) is 28.2 Å². The number of fused-ring (bicyclic) bond motifs is 1. The summed E-state index contributed by atoms with van der Waals surface area (Å²) in [5, 5.41) is 10.4. The fraction of sp³-hybridized carbons (Fsp3) is 0.462. The van der Waals surface area contributed by atoms with Gasteiger partial charge in [-0.3, -0.25) is 4.79 Å². The first-order chi connectivity index (χ1) is 8.60. The number of carbonyl (C=O) groups is 1. The number of thioether (sulfide) groups is 1. The minimum Gasteiger partial charge on any atom is -0.379 e. The Kier molecular flexibility index (Phi) is 3.16. The molecular formula is C13H14BrNO2S. The molecule has 0 bridgehead atoms. The largest absolute Gasteiger partial charge is 0.379 e. The van der Waals surface area contributed by atoms with E-state index >= 15 is 0 Å². The molecule has 3 nitrogen and oxygen atoms in total. The Labute approximate surface area is 119 Å². The van der Waals surface area contributed by atoms with Gasteiger partial charge in [0.25, 0.3) is 5.91 Å². The van der Waals surface area contributed by atoms with Crippen LogP contribution >= 0.6 is 27.7 Å². The lowest BCUT2D eigenvalue weighted by atomic mass is 10.0. The molecule has 0 saturated carbocycles. The van der Waals surface area contributed by atoms with Crippen molar-refractivity contribution in [2.75, 3.05) is 23.0 Å². The van der Waals surface area contributed by atoms with Gasteiger partial charge in [-0.2, -0.15) is 11.8 Å². The lowest BCUT2D eigenvalue weighted by Crippen LogP contribution is -2.48. The summed E-state index contributed by atoms with van der Waals surface area (Å²) < 4.78 is 1.03. The zero-order chi connectivity index (χ0) is 12.8. The average molecular weight is 328 g/mol. The van der Waals surface area contributed by atoms with E-state index in [9.17, 15) is 9.90 Å². The highest BCUT2D eigenvalue weighted by Crippen LogP contribution is 2.35. The van der Waals surface area contributed by atoms with Crippen molar-refractivity contribution in [3.8, 4) is 0 Å². The first kappa shape index (κ1) is 12.5. The van der Waals surface area contributed by atoms with E-state index in [1.54, 1.807) is 16.7 Å². The quantitative estimate of drug-likeness (QED) is 0.859. The van der Waals surface area contributed by atoms with Crippen LogP contribution in [0.15, 0.2) is 22.7 Å². The maximum absolute atomic E-state index is 12.5. The van der Waals surface area contributed by atoms with Crippen LogP contribution in [0.25, 0.3) is 0 Å². The third-order valence-corrected chi connectivity index (χ3v) is 5.25. The van der Waals surface area contributed by atoms with E-state index in [0.717, 1.165) is 22.3 Å². The number of halogens is 1. The van der Waals surface area contributed by atoms with E-state index in [1.165, 1.54) is 5.56 Å². The van der Waals surface area contributed by atoms with Crippen LogP contribution in [0, 0.1) is 0 Å². The first-order valence-electron chi connectivity index (χ1n) is 6.01. The summed E-state index contributed by atoms with van der Waals surface area (Å²) in [5.41, 5.74) is 0.972. The Morgan fingerprint density at radius 2 is 2.33 bits per heavy atom. The number of nitrogens with zero attached hydrogens (tertiary/aromatic N) is 1. The van der Waals surface area contributed by atoms with Crippen molar-refractivity contribution in [2.45, 2.75) is 18.4 Å². The summed E-state index contributed by atoms with van der Waals surface area (Å²) in [6.45, 7) is 0.678. The summed E-state index contributed by atoms with van der Waals surface area (Å²) in [5.74, 6) is 1.26. The molecule has 1 saturated heterocycles. The molecule has 0 radical (unpaired) electrons. The second-order valence-corrected chi connectivity index (χ2v) is 6.83. The molecule has 96 valence electrons. The molecular weight excluding hydrogens is 314 g/mol. The van der Waals surface area contributed by atoms with Gasteiger partial charge in [0.1, 0.15) is 0 Å². The minimum atomic E-state index is -1.15. The van der Waals surface area contributed by atoms with Gasteiger partial charge in [-0.05, 0) is 42.4 Å².